The van der Waals surface area contributed by atoms with Crippen molar-refractivity contribution in [2.75, 3.05) is 31.0 Å². The molecule has 354 valence electrons. The second-order valence-corrected chi connectivity index (χ2v) is 21.1. The summed E-state index contributed by atoms with van der Waals surface area (Å²) in [5.74, 6) is 0.730. The molecule has 3 aromatic heterocycles. The maximum atomic E-state index is 13.2. The molecule has 22 heteroatoms. The summed E-state index contributed by atoms with van der Waals surface area (Å²) in [5, 5.41) is 14.0. The Bertz CT molecular complexity index is 3110. The zero-order valence-corrected chi connectivity index (χ0v) is 40.0. The minimum atomic E-state index is -3.37. The maximum Gasteiger partial charge on any atom is 0.336 e. The number of carboxylic acid groups (broad SMARTS) is 1. The van der Waals surface area contributed by atoms with Gasteiger partial charge in [-0.05, 0) is 98.8 Å². The molecule has 0 spiro atoms. The number of ether oxygens (including phenoxy) is 4. The number of rotatable bonds is 19. The van der Waals surface area contributed by atoms with Crippen LogP contribution in [0, 0.1) is 0 Å². The molecule has 2 N–H and O–H groups in total. The summed E-state index contributed by atoms with van der Waals surface area (Å²) in [6, 6.07) is 30.8. The summed E-state index contributed by atoms with van der Waals surface area (Å²) >= 11 is 1.17. The molecular weight excluding hydrogens is 960 g/mol. The highest BCUT2D eigenvalue weighted by Gasteiger charge is 2.26. The van der Waals surface area contributed by atoms with Gasteiger partial charge in [-0.25, -0.2) is 36.6 Å². The minimum absolute atomic E-state index is 0.0220. The molecular formula is C46H43N4O14PS3. The largest absolute Gasteiger partial charge is 0.478 e. The second-order valence-electron chi connectivity index (χ2n) is 14.1. The molecule has 0 saturated heterocycles. The van der Waals surface area contributed by atoms with Gasteiger partial charge in [-0.2, -0.15) is 0 Å². The molecule has 68 heavy (non-hydrogen) atoms. The van der Waals surface area contributed by atoms with Gasteiger partial charge in [0, 0.05) is 60.1 Å². The van der Waals surface area contributed by atoms with Crippen molar-refractivity contribution in [2.45, 2.75) is 29.8 Å². The number of hydrogen-bond acceptors (Lipinski definition) is 17. The van der Waals surface area contributed by atoms with Crippen molar-refractivity contribution in [2.24, 2.45) is 0 Å². The number of carboxylic acids is 1. The van der Waals surface area contributed by atoms with Gasteiger partial charge in [0.1, 0.15) is 34.5 Å². The summed E-state index contributed by atoms with van der Waals surface area (Å²) < 4.78 is 93.1. The number of carbonyl (C=O) groups is 2. The monoisotopic (exact) mass is 1000 g/mol. The Morgan fingerprint density at radius 2 is 1.06 bits per heavy atom. The summed E-state index contributed by atoms with van der Waals surface area (Å²) in [6.07, 6.45) is 5.33. The van der Waals surface area contributed by atoms with Gasteiger partial charge < -0.3 is 33.1 Å². The lowest BCUT2D eigenvalue weighted by atomic mass is 10.2. The van der Waals surface area contributed by atoms with Gasteiger partial charge in [-0.1, -0.05) is 12.1 Å². The molecule has 0 bridgehead atoms. The molecule has 0 radical (unpaired) electrons. The number of carbonyl (C=O) groups excluding carboxylic acids is 1. The first-order chi connectivity index (χ1) is 32.4. The Balaban J connectivity index is 0.000000244. The van der Waals surface area contributed by atoms with Crippen LogP contribution in [-0.2, 0) is 39.4 Å². The SMILES string of the molecule is CCOP(=O)(Cc1csc(NC(=O)c2cc(Oc3ccc(S(C)(=O)=O)cc3)cc(Oc3ccccn3)c2)n1)OCC.CS(=O)(=O)c1ccc(Oc2cc(Oc3ccccn3)cc(C(=O)O)c2)cc1. The van der Waals surface area contributed by atoms with Crippen molar-refractivity contribution in [1.29, 1.82) is 0 Å². The van der Waals surface area contributed by atoms with Gasteiger partial charge in [0.2, 0.25) is 11.8 Å². The summed E-state index contributed by atoms with van der Waals surface area (Å²) in [4.78, 5) is 37.5. The highest BCUT2D eigenvalue weighted by atomic mass is 32.2. The fourth-order valence-corrected chi connectivity index (χ4v) is 9.49. The number of thiazole rings is 1. The molecule has 0 atom stereocenters. The summed E-state index contributed by atoms with van der Waals surface area (Å²) in [5.41, 5.74) is 0.641. The molecule has 0 saturated carbocycles. The van der Waals surface area contributed by atoms with Crippen LogP contribution < -0.4 is 24.3 Å². The zero-order chi connectivity index (χ0) is 48.9. The van der Waals surface area contributed by atoms with E-state index in [-0.39, 0.29) is 63.3 Å². The van der Waals surface area contributed by atoms with Gasteiger partial charge in [-0.15, -0.1) is 11.3 Å². The van der Waals surface area contributed by atoms with Crippen LogP contribution in [0.1, 0.15) is 40.3 Å². The number of amides is 1. The Morgan fingerprint density at radius 1 is 0.618 bits per heavy atom. The van der Waals surface area contributed by atoms with Crippen LogP contribution in [-0.4, -0.2) is 74.5 Å². The number of aromatic carboxylic acids is 1. The van der Waals surface area contributed by atoms with E-state index < -0.39 is 39.1 Å². The molecule has 7 rings (SSSR count). The van der Waals surface area contributed by atoms with Gasteiger partial charge in [0.05, 0.1) is 40.4 Å². The molecule has 0 aliphatic heterocycles. The van der Waals surface area contributed by atoms with Crippen LogP contribution in [0.4, 0.5) is 5.13 Å². The normalized spacial score (nSPS) is 11.4. The van der Waals surface area contributed by atoms with Gasteiger partial charge in [-0.3, -0.25) is 14.7 Å². The number of pyridine rings is 2. The van der Waals surface area contributed by atoms with E-state index in [0.717, 1.165) is 12.5 Å². The van der Waals surface area contributed by atoms with Crippen LogP contribution in [0.3, 0.4) is 0 Å². The molecule has 4 aromatic carbocycles. The number of benzene rings is 4. The Hall–Kier alpha value is -7.00. The van der Waals surface area contributed by atoms with Gasteiger partial charge in [0.15, 0.2) is 24.8 Å². The maximum absolute atomic E-state index is 13.2. The fourth-order valence-electron chi connectivity index (χ4n) is 5.80. The van der Waals surface area contributed by atoms with E-state index in [1.54, 1.807) is 74.1 Å². The predicted molar refractivity (Wildman–Crippen MR) is 252 cm³/mol. The van der Waals surface area contributed by atoms with E-state index in [1.807, 2.05) is 0 Å². The Morgan fingerprint density at radius 3 is 1.46 bits per heavy atom. The third-order valence-corrected chi connectivity index (χ3v) is 13.8. The lowest BCUT2D eigenvalue weighted by molar-refractivity contribution is 0.0695. The van der Waals surface area contributed by atoms with E-state index in [4.69, 9.17) is 28.0 Å². The number of nitrogens with zero attached hydrogens (tertiary/aromatic N) is 3. The average molecular weight is 1000 g/mol. The molecule has 1 amide bonds. The van der Waals surface area contributed by atoms with Crippen LogP contribution in [0.2, 0.25) is 0 Å². The van der Waals surface area contributed by atoms with Gasteiger partial charge in [0.25, 0.3) is 5.91 Å². The lowest BCUT2D eigenvalue weighted by Gasteiger charge is -2.15. The van der Waals surface area contributed by atoms with Crippen molar-refractivity contribution in [3.05, 3.63) is 156 Å². The third-order valence-electron chi connectivity index (χ3n) is 8.74. The molecule has 0 fully saturated rings. The van der Waals surface area contributed by atoms with E-state index in [9.17, 15) is 36.1 Å². The van der Waals surface area contributed by atoms with Crippen molar-refractivity contribution in [3.63, 3.8) is 0 Å². The lowest BCUT2D eigenvalue weighted by Crippen LogP contribution is -2.12. The minimum Gasteiger partial charge on any atom is -0.478 e. The highest BCUT2D eigenvalue weighted by molar-refractivity contribution is 7.91. The smallest absolute Gasteiger partial charge is 0.336 e. The number of hydrogen-bond donors (Lipinski definition) is 2. The van der Waals surface area contributed by atoms with Crippen LogP contribution >= 0.6 is 18.9 Å². The molecule has 7 aromatic rings. The van der Waals surface area contributed by atoms with Crippen molar-refractivity contribution in [1.82, 2.24) is 15.0 Å². The van der Waals surface area contributed by atoms with Gasteiger partial charge >= 0.3 is 13.6 Å². The predicted octanol–water partition coefficient (Wildman–Crippen LogP) is 10.3. The van der Waals surface area contributed by atoms with Crippen LogP contribution in [0.15, 0.2) is 149 Å². The standard InChI is InChI=1S/C27H28N3O8PS2.C19H15NO6S/c1-4-35-39(32,36-5-2)17-20-18-40-27(29-20)30-26(31)19-14-22(16-23(15-19)38-25-8-6-7-13-28-25)37-21-9-11-24(12-10-21)41(3,33)34;1-27(23,24)17-7-5-14(6-8-17)25-15-10-13(19(21)22)11-16(12-15)26-18-4-2-3-9-20-18/h6-16,18H,4-5,17H2,1-3H3,(H,29,30,31);2-12H,1H3,(H,21,22). The van der Waals surface area contributed by atoms with Crippen molar-refractivity contribution >= 4 is 55.6 Å². The number of aromatic nitrogens is 3. The van der Waals surface area contributed by atoms with E-state index in [2.05, 4.69) is 20.3 Å². The first-order valence-electron chi connectivity index (χ1n) is 20.2. The quantitative estimate of drug-likeness (QED) is 0.0715. The van der Waals surface area contributed by atoms with E-state index in [1.165, 1.54) is 90.2 Å². The fraction of sp³-hybridized carbons (Fsp3) is 0.152. The highest BCUT2D eigenvalue weighted by Crippen LogP contribution is 2.51. The van der Waals surface area contributed by atoms with Crippen LogP contribution in [0.5, 0.6) is 46.3 Å². The first kappa shape index (κ1) is 50.4. The molecule has 0 unspecified atom stereocenters. The molecule has 0 aliphatic carbocycles. The number of nitrogens with one attached hydrogen (secondary N) is 1. The van der Waals surface area contributed by atoms with E-state index in [0.29, 0.717) is 34.1 Å². The van der Waals surface area contributed by atoms with Crippen LogP contribution in [0.25, 0.3) is 0 Å². The van der Waals surface area contributed by atoms with Crippen molar-refractivity contribution in [3.8, 4) is 46.3 Å². The van der Waals surface area contributed by atoms with Crippen molar-refractivity contribution < 1.29 is 64.1 Å². The molecule has 3 heterocycles. The number of anilines is 1. The Labute approximate surface area is 395 Å². The molecule has 18 nitrogen and oxygen atoms in total. The third kappa shape index (κ3) is 15.0. The number of sulfone groups is 2. The van der Waals surface area contributed by atoms with E-state index >= 15 is 0 Å². The summed E-state index contributed by atoms with van der Waals surface area (Å²) in [6.45, 7) is 3.92. The zero-order valence-electron chi connectivity index (χ0n) is 36.7. The average Bonchev–Trinajstić information content (AvgIpc) is 3.72. The second kappa shape index (κ2) is 22.7. The molecule has 0 aliphatic rings. The summed E-state index contributed by atoms with van der Waals surface area (Å²) in [7, 11) is -10.0. The first-order valence-corrected chi connectivity index (χ1v) is 26.6. The Kier molecular flexibility index (Phi) is 16.8. The topological polar surface area (TPSA) is 246 Å².